The molecule has 0 amide bonds. The molecule has 0 unspecified atom stereocenters. The Balaban J connectivity index is 2.34. The van der Waals surface area contributed by atoms with Crippen LogP contribution in [0.2, 0.25) is 0 Å². The second-order valence-electron chi connectivity index (χ2n) is 5.26. The van der Waals surface area contributed by atoms with Gasteiger partial charge in [-0.3, -0.25) is 0 Å². The molecule has 124 valence electrons. The zero-order valence-electron chi connectivity index (χ0n) is 13.4. The molecule has 1 N–H and O–H groups in total. The Morgan fingerprint density at radius 1 is 1.26 bits per heavy atom. The maximum Gasteiger partial charge on any atom is 0.354 e. The molecule has 0 fully saturated rings. The number of hydrazone groups is 1. The number of carbonyl (C=O) groups excluding carboxylic acids is 1. The maximum absolute atomic E-state index is 11.9. The first kappa shape index (κ1) is 16.8. The average molecular weight is 320 g/mol. The van der Waals surface area contributed by atoms with Crippen LogP contribution in [0, 0.1) is 0 Å². The molecule has 23 heavy (non-hydrogen) atoms. The van der Waals surface area contributed by atoms with Crippen molar-refractivity contribution in [2.24, 2.45) is 5.10 Å². The van der Waals surface area contributed by atoms with Crippen LogP contribution >= 0.6 is 0 Å². The summed E-state index contributed by atoms with van der Waals surface area (Å²) in [5, 5.41) is 15.1. The summed E-state index contributed by atoms with van der Waals surface area (Å²) in [4.78, 5) is 23.6. The Labute approximate surface area is 134 Å². The summed E-state index contributed by atoms with van der Waals surface area (Å²) >= 11 is 0. The lowest BCUT2D eigenvalue weighted by Crippen LogP contribution is -2.47. The number of anilines is 1. The molecule has 2 rings (SSSR count). The van der Waals surface area contributed by atoms with Gasteiger partial charge in [-0.05, 0) is 45.0 Å². The zero-order valence-corrected chi connectivity index (χ0v) is 13.4. The maximum atomic E-state index is 11.9. The van der Waals surface area contributed by atoms with Gasteiger partial charge in [0.1, 0.15) is 11.5 Å². The highest BCUT2D eigenvalue weighted by atomic mass is 16.5. The predicted octanol–water partition coefficient (Wildman–Crippen LogP) is 2.06. The Hall–Kier alpha value is -2.57. The molecule has 1 aliphatic heterocycles. The van der Waals surface area contributed by atoms with Crippen molar-refractivity contribution in [3.8, 4) is 5.75 Å². The topological polar surface area (TPSA) is 88.4 Å². The standard InChI is InChI=1S/C16H20N2O5/c1-4-22-12-8-6-11(7-9-12)18-16(3,15(20)21)10-13(17-18)14(19)23-5-2/h6-9H,4-5,10H2,1-3H3,(H,20,21)/t16-/m1/s1. The third-order valence-electron chi connectivity index (χ3n) is 3.56. The highest BCUT2D eigenvalue weighted by Gasteiger charge is 2.48. The number of carboxylic acids is 1. The Morgan fingerprint density at radius 2 is 1.91 bits per heavy atom. The number of carboxylic acid groups (broad SMARTS) is 1. The third kappa shape index (κ3) is 3.28. The largest absolute Gasteiger partial charge is 0.494 e. The van der Waals surface area contributed by atoms with Gasteiger partial charge >= 0.3 is 11.9 Å². The first-order chi connectivity index (χ1) is 10.9. The van der Waals surface area contributed by atoms with Gasteiger partial charge in [-0.2, -0.15) is 5.10 Å². The highest BCUT2D eigenvalue weighted by molar-refractivity contribution is 6.38. The number of benzene rings is 1. The first-order valence-corrected chi connectivity index (χ1v) is 7.43. The minimum atomic E-state index is -1.34. The lowest BCUT2D eigenvalue weighted by molar-refractivity contribution is -0.142. The van der Waals surface area contributed by atoms with Crippen LogP contribution in [0.1, 0.15) is 27.2 Å². The normalized spacial score (nSPS) is 20.1. The molecule has 7 nitrogen and oxygen atoms in total. The molecule has 1 aromatic rings. The summed E-state index contributed by atoms with van der Waals surface area (Å²) in [6.07, 6.45) is -0.0195. The SMILES string of the molecule is CCOC(=O)C1=NN(c2ccc(OCC)cc2)[C@@](C)(C(=O)O)C1. The molecule has 1 heterocycles. The van der Waals surface area contributed by atoms with E-state index in [0.717, 1.165) is 0 Å². The van der Waals surface area contributed by atoms with Gasteiger partial charge in [0.15, 0.2) is 5.54 Å². The van der Waals surface area contributed by atoms with E-state index in [1.165, 1.54) is 11.9 Å². The van der Waals surface area contributed by atoms with E-state index in [9.17, 15) is 14.7 Å². The van der Waals surface area contributed by atoms with E-state index >= 15 is 0 Å². The molecule has 1 aliphatic rings. The van der Waals surface area contributed by atoms with Crippen molar-refractivity contribution in [1.82, 2.24) is 0 Å². The number of rotatable bonds is 6. The van der Waals surface area contributed by atoms with Crippen LogP contribution in [0.25, 0.3) is 0 Å². The molecule has 0 bridgehead atoms. The fraction of sp³-hybridized carbons (Fsp3) is 0.438. The van der Waals surface area contributed by atoms with Crippen LogP contribution < -0.4 is 9.75 Å². The minimum Gasteiger partial charge on any atom is -0.494 e. The monoisotopic (exact) mass is 320 g/mol. The molecule has 7 heteroatoms. The van der Waals surface area contributed by atoms with Gasteiger partial charge in [-0.25, -0.2) is 14.6 Å². The summed E-state index contributed by atoms with van der Waals surface area (Å²) in [5.41, 5.74) is -0.668. The van der Waals surface area contributed by atoms with Crippen LogP contribution in [0.3, 0.4) is 0 Å². The van der Waals surface area contributed by atoms with E-state index in [1.54, 1.807) is 31.2 Å². The highest BCUT2D eigenvalue weighted by Crippen LogP contribution is 2.34. The van der Waals surface area contributed by atoms with Crippen molar-refractivity contribution < 1.29 is 24.2 Å². The number of aliphatic carboxylic acids is 1. The van der Waals surface area contributed by atoms with E-state index in [4.69, 9.17) is 9.47 Å². The molecular formula is C16H20N2O5. The molecule has 0 saturated carbocycles. The summed E-state index contributed by atoms with van der Waals surface area (Å²) in [7, 11) is 0. The van der Waals surface area contributed by atoms with Crippen molar-refractivity contribution in [3.63, 3.8) is 0 Å². The number of ether oxygens (including phenoxy) is 2. The van der Waals surface area contributed by atoms with E-state index < -0.39 is 17.5 Å². The Kier molecular flexibility index (Phi) is 4.88. The third-order valence-corrected chi connectivity index (χ3v) is 3.56. The zero-order chi connectivity index (χ0) is 17.0. The van der Waals surface area contributed by atoms with Crippen LogP contribution in [-0.2, 0) is 14.3 Å². The fourth-order valence-corrected chi connectivity index (χ4v) is 2.35. The van der Waals surface area contributed by atoms with Gasteiger partial charge in [0, 0.05) is 6.42 Å². The second-order valence-corrected chi connectivity index (χ2v) is 5.26. The van der Waals surface area contributed by atoms with Gasteiger partial charge in [0.25, 0.3) is 0 Å². The average Bonchev–Trinajstić information content (AvgIpc) is 2.88. The van der Waals surface area contributed by atoms with Gasteiger partial charge in [-0.1, -0.05) is 0 Å². The molecule has 0 aromatic heterocycles. The molecule has 1 aromatic carbocycles. The first-order valence-electron chi connectivity index (χ1n) is 7.43. The lowest BCUT2D eigenvalue weighted by atomic mass is 9.95. The molecule has 0 aliphatic carbocycles. The Bertz CT molecular complexity index is 626. The van der Waals surface area contributed by atoms with Gasteiger partial charge in [-0.15, -0.1) is 0 Å². The lowest BCUT2D eigenvalue weighted by Gasteiger charge is -2.30. The van der Waals surface area contributed by atoms with E-state index in [2.05, 4.69) is 5.10 Å². The molecule has 1 atom stereocenters. The number of carbonyl (C=O) groups is 2. The molecular weight excluding hydrogens is 300 g/mol. The van der Waals surface area contributed by atoms with E-state index in [-0.39, 0.29) is 18.7 Å². The fourth-order valence-electron chi connectivity index (χ4n) is 2.35. The summed E-state index contributed by atoms with van der Waals surface area (Å²) in [6.45, 7) is 5.85. The van der Waals surface area contributed by atoms with Crippen LogP contribution in [0.15, 0.2) is 29.4 Å². The Morgan fingerprint density at radius 3 is 2.43 bits per heavy atom. The van der Waals surface area contributed by atoms with Crippen molar-refractivity contribution >= 4 is 23.3 Å². The molecule has 0 radical (unpaired) electrons. The van der Waals surface area contributed by atoms with Crippen molar-refractivity contribution in [2.45, 2.75) is 32.7 Å². The van der Waals surface area contributed by atoms with Crippen LogP contribution in [0.5, 0.6) is 5.75 Å². The number of nitrogens with zero attached hydrogens (tertiary/aromatic N) is 2. The number of hydrogen-bond acceptors (Lipinski definition) is 6. The molecule has 0 spiro atoms. The second kappa shape index (κ2) is 6.68. The number of esters is 1. The predicted molar refractivity (Wildman–Crippen MR) is 84.8 cm³/mol. The van der Waals surface area contributed by atoms with Gasteiger partial charge in [0.2, 0.25) is 0 Å². The van der Waals surface area contributed by atoms with Crippen LogP contribution in [0.4, 0.5) is 5.69 Å². The summed E-state index contributed by atoms with van der Waals surface area (Å²) < 4.78 is 10.3. The molecule has 0 saturated heterocycles. The number of hydrogen-bond donors (Lipinski definition) is 1. The van der Waals surface area contributed by atoms with E-state index in [0.29, 0.717) is 18.0 Å². The van der Waals surface area contributed by atoms with Crippen molar-refractivity contribution in [3.05, 3.63) is 24.3 Å². The van der Waals surface area contributed by atoms with Crippen LogP contribution in [-0.4, -0.2) is 41.5 Å². The summed E-state index contributed by atoms with van der Waals surface area (Å²) in [6, 6.07) is 6.89. The van der Waals surface area contributed by atoms with E-state index in [1.807, 2.05) is 6.92 Å². The summed E-state index contributed by atoms with van der Waals surface area (Å²) in [5.74, 6) is -0.968. The quantitative estimate of drug-likeness (QED) is 0.807. The van der Waals surface area contributed by atoms with Crippen molar-refractivity contribution in [2.75, 3.05) is 18.2 Å². The van der Waals surface area contributed by atoms with Crippen molar-refractivity contribution in [1.29, 1.82) is 0 Å². The minimum absolute atomic E-state index is 0.0195. The van der Waals surface area contributed by atoms with Gasteiger partial charge in [0.05, 0.1) is 18.9 Å². The smallest absolute Gasteiger partial charge is 0.354 e. The van der Waals surface area contributed by atoms with Gasteiger partial charge < -0.3 is 14.6 Å².